The van der Waals surface area contributed by atoms with Crippen molar-refractivity contribution in [3.05, 3.63) is 34.1 Å². The van der Waals surface area contributed by atoms with Crippen LogP contribution >= 0.6 is 0 Å². The summed E-state index contributed by atoms with van der Waals surface area (Å²) in [6.45, 7) is -0.217. The Morgan fingerprint density at radius 2 is 2.00 bits per heavy atom. The first-order valence-electron chi connectivity index (χ1n) is 5.44. The summed E-state index contributed by atoms with van der Waals surface area (Å²) in [5.41, 5.74) is -0.365. The Bertz CT molecular complexity index is 577. The quantitative estimate of drug-likeness (QED) is 0.422. The summed E-state index contributed by atoms with van der Waals surface area (Å²) in [6, 6.07) is 2.84. The molecule has 8 nitrogen and oxygen atoms in total. The third-order valence-electron chi connectivity index (χ3n) is 2.12. The Morgan fingerprint density at radius 3 is 2.60 bits per heavy atom. The normalized spacial score (nSPS) is 11.3. The molecular formula is C10H13FN2O6S. The van der Waals surface area contributed by atoms with Crippen molar-refractivity contribution < 1.29 is 27.2 Å². The van der Waals surface area contributed by atoms with Crippen molar-refractivity contribution in [1.82, 2.24) is 0 Å². The monoisotopic (exact) mass is 308 g/mol. The lowest BCUT2D eigenvalue weighted by molar-refractivity contribution is -0.385. The molecule has 0 aliphatic heterocycles. The van der Waals surface area contributed by atoms with Crippen molar-refractivity contribution in [2.24, 2.45) is 5.14 Å². The Kier molecular flexibility index (Phi) is 5.80. The molecule has 0 saturated carbocycles. The summed E-state index contributed by atoms with van der Waals surface area (Å²) in [5, 5.41) is 15.4. The fourth-order valence-corrected chi connectivity index (χ4v) is 1.59. The smallest absolute Gasteiger partial charge is 0.311 e. The predicted octanol–water partition coefficient (Wildman–Crippen LogP) is 0.418. The molecule has 0 saturated heterocycles. The second kappa shape index (κ2) is 7.12. The van der Waals surface area contributed by atoms with Crippen LogP contribution in [0.25, 0.3) is 0 Å². The van der Waals surface area contributed by atoms with E-state index in [0.29, 0.717) is 0 Å². The van der Waals surface area contributed by atoms with Crippen molar-refractivity contribution in [2.45, 2.75) is 0 Å². The maximum Gasteiger partial charge on any atom is 0.311 e. The van der Waals surface area contributed by atoms with Gasteiger partial charge in [-0.05, 0) is 6.07 Å². The molecule has 0 aliphatic carbocycles. The zero-order valence-electron chi connectivity index (χ0n) is 10.3. The summed E-state index contributed by atoms with van der Waals surface area (Å²) in [6.07, 6.45) is 0. The molecule has 0 heterocycles. The van der Waals surface area contributed by atoms with Crippen LogP contribution in [0.5, 0.6) is 5.75 Å². The van der Waals surface area contributed by atoms with E-state index in [2.05, 4.69) is 0 Å². The first kappa shape index (κ1) is 16.3. The lowest BCUT2D eigenvalue weighted by Gasteiger charge is -2.07. The average Bonchev–Trinajstić information content (AvgIpc) is 2.32. The van der Waals surface area contributed by atoms with Crippen LogP contribution in [0.4, 0.5) is 10.1 Å². The van der Waals surface area contributed by atoms with E-state index in [0.717, 1.165) is 18.2 Å². The molecule has 20 heavy (non-hydrogen) atoms. The van der Waals surface area contributed by atoms with Crippen LogP contribution in [-0.4, -0.2) is 38.9 Å². The number of nitro groups is 1. The van der Waals surface area contributed by atoms with Crippen LogP contribution in [0.1, 0.15) is 0 Å². The molecule has 0 aromatic heterocycles. The maximum absolute atomic E-state index is 13.0. The van der Waals surface area contributed by atoms with Crippen LogP contribution < -0.4 is 9.88 Å². The number of ether oxygens (including phenoxy) is 2. The first-order valence-corrected chi connectivity index (χ1v) is 7.16. The van der Waals surface area contributed by atoms with Crippen molar-refractivity contribution in [2.75, 3.05) is 25.6 Å². The molecule has 2 N–H and O–H groups in total. The molecular weight excluding hydrogens is 295 g/mol. The molecule has 0 fully saturated rings. The van der Waals surface area contributed by atoms with E-state index in [1.807, 2.05) is 0 Å². The van der Waals surface area contributed by atoms with Crippen LogP contribution in [0.2, 0.25) is 0 Å². The second-order valence-electron chi connectivity index (χ2n) is 3.70. The summed E-state index contributed by atoms with van der Waals surface area (Å²) >= 11 is 0. The molecule has 1 aromatic carbocycles. The molecule has 0 spiro atoms. The number of nitrogens with two attached hydrogens (primary N) is 1. The largest absolute Gasteiger partial charge is 0.484 e. The Morgan fingerprint density at radius 1 is 1.30 bits per heavy atom. The topological polar surface area (TPSA) is 122 Å². The van der Waals surface area contributed by atoms with E-state index in [-0.39, 0.29) is 37.0 Å². The molecule has 0 aliphatic rings. The van der Waals surface area contributed by atoms with E-state index in [1.54, 1.807) is 0 Å². The number of sulfonamides is 1. The first-order chi connectivity index (χ1) is 9.29. The van der Waals surface area contributed by atoms with Gasteiger partial charge in [-0.3, -0.25) is 10.1 Å². The highest BCUT2D eigenvalue weighted by Gasteiger charge is 2.15. The molecule has 0 radical (unpaired) electrons. The zero-order valence-corrected chi connectivity index (χ0v) is 11.1. The number of benzene rings is 1. The number of primary sulfonamides is 1. The van der Waals surface area contributed by atoms with Gasteiger partial charge in [0.05, 0.1) is 23.9 Å². The van der Waals surface area contributed by atoms with E-state index < -0.39 is 20.8 Å². The third-order valence-corrected chi connectivity index (χ3v) is 2.85. The fraction of sp³-hybridized carbons (Fsp3) is 0.400. The Labute approximate surface area is 114 Å². The Hall–Kier alpha value is -1.78. The van der Waals surface area contributed by atoms with Crippen LogP contribution in [0.3, 0.4) is 0 Å². The molecule has 1 aromatic rings. The van der Waals surface area contributed by atoms with Gasteiger partial charge in [0, 0.05) is 12.1 Å². The molecule has 0 atom stereocenters. The summed E-state index contributed by atoms with van der Waals surface area (Å²) in [4.78, 5) is 9.97. The van der Waals surface area contributed by atoms with Crippen molar-refractivity contribution >= 4 is 15.7 Å². The van der Waals surface area contributed by atoms with Crippen LogP contribution in [-0.2, 0) is 14.8 Å². The van der Waals surface area contributed by atoms with Gasteiger partial charge in [0.1, 0.15) is 12.4 Å². The van der Waals surface area contributed by atoms with Crippen molar-refractivity contribution in [1.29, 1.82) is 0 Å². The van der Waals surface area contributed by atoms with Gasteiger partial charge >= 0.3 is 5.69 Å². The van der Waals surface area contributed by atoms with E-state index >= 15 is 0 Å². The van der Waals surface area contributed by atoms with E-state index in [1.165, 1.54) is 0 Å². The number of hydrogen-bond acceptors (Lipinski definition) is 6. The predicted molar refractivity (Wildman–Crippen MR) is 67.3 cm³/mol. The minimum absolute atomic E-state index is 0.0107. The number of halogens is 1. The highest BCUT2D eigenvalue weighted by atomic mass is 32.2. The van der Waals surface area contributed by atoms with Gasteiger partial charge in [0.2, 0.25) is 10.0 Å². The standard InChI is InChI=1S/C10H13FN2O6S/c11-8-1-2-9(13(14)15)10(7-8)19-4-3-18-5-6-20(12,16)17/h1-2,7H,3-6H2,(H2,12,16,17). The summed E-state index contributed by atoms with van der Waals surface area (Å²) in [5.74, 6) is -1.22. The van der Waals surface area contributed by atoms with Gasteiger partial charge < -0.3 is 9.47 Å². The SMILES string of the molecule is NS(=O)(=O)CCOCCOc1cc(F)ccc1[N+](=O)[O-]. The third kappa shape index (κ3) is 5.91. The van der Waals surface area contributed by atoms with Crippen LogP contribution in [0.15, 0.2) is 18.2 Å². The van der Waals surface area contributed by atoms with Crippen molar-refractivity contribution in [3.8, 4) is 5.75 Å². The highest BCUT2D eigenvalue weighted by molar-refractivity contribution is 7.89. The van der Waals surface area contributed by atoms with Gasteiger partial charge in [-0.2, -0.15) is 0 Å². The molecule has 112 valence electrons. The fourth-order valence-electron chi connectivity index (χ4n) is 1.24. The van der Waals surface area contributed by atoms with Crippen molar-refractivity contribution in [3.63, 3.8) is 0 Å². The molecule has 1 rings (SSSR count). The number of hydrogen-bond donors (Lipinski definition) is 1. The summed E-state index contributed by atoms with van der Waals surface area (Å²) in [7, 11) is -3.59. The lowest BCUT2D eigenvalue weighted by Crippen LogP contribution is -2.21. The van der Waals surface area contributed by atoms with E-state index in [9.17, 15) is 22.9 Å². The van der Waals surface area contributed by atoms with Gasteiger partial charge in [-0.1, -0.05) is 0 Å². The zero-order chi connectivity index (χ0) is 15.2. The minimum atomic E-state index is -3.59. The van der Waals surface area contributed by atoms with Gasteiger partial charge in [-0.15, -0.1) is 0 Å². The van der Waals surface area contributed by atoms with E-state index in [4.69, 9.17) is 14.6 Å². The lowest BCUT2D eigenvalue weighted by atomic mass is 10.3. The average molecular weight is 308 g/mol. The highest BCUT2D eigenvalue weighted by Crippen LogP contribution is 2.27. The van der Waals surface area contributed by atoms with Crippen LogP contribution in [0, 0.1) is 15.9 Å². The molecule has 10 heteroatoms. The maximum atomic E-state index is 13.0. The number of rotatable bonds is 8. The van der Waals surface area contributed by atoms with Gasteiger partial charge in [0.15, 0.2) is 5.75 Å². The molecule has 0 amide bonds. The Balaban J connectivity index is 2.42. The summed E-state index contributed by atoms with van der Waals surface area (Å²) < 4.78 is 44.1. The number of nitrogens with zero attached hydrogens (tertiary/aromatic N) is 1. The molecule has 0 bridgehead atoms. The van der Waals surface area contributed by atoms with Gasteiger partial charge in [0.25, 0.3) is 0 Å². The molecule has 0 unspecified atom stereocenters. The van der Waals surface area contributed by atoms with Gasteiger partial charge in [-0.25, -0.2) is 17.9 Å². The number of nitro benzene ring substituents is 1. The second-order valence-corrected chi connectivity index (χ2v) is 5.43. The minimum Gasteiger partial charge on any atom is -0.484 e.